The van der Waals surface area contributed by atoms with Crippen molar-refractivity contribution >= 4 is 0 Å². The lowest BCUT2D eigenvalue weighted by Gasteiger charge is -2.07. The van der Waals surface area contributed by atoms with Gasteiger partial charge in [-0.3, -0.25) is 0 Å². The highest BCUT2D eigenvalue weighted by molar-refractivity contribution is 4.86. The number of unbranched alkanes of at least 4 members (excludes halogenated alkanes) is 3. The molecule has 0 spiro atoms. The molecule has 0 aromatic carbocycles. The van der Waals surface area contributed by atoms with E-state index in [9.17, 15) is 5.11 Å². The van der Waals surface area contributed by atoms with E-state index in [1.807, 2.05) is 0 Å². The van der Waals surface area contributed by atoms with Gasteiger partial charge in [0.2, 0.25) is 0 Å². The molecule has 1 atom stereocenters. The fourth-order valence-corrected chi connectivity index (χ4v) is 1.05. The van der Waals surface area contributed by atoms with Crippen molar-refractivity contribution in [1.82, 2.24) is 0 Å². The highest BCUT2D eigenvalue weighted by atomic mass is 16.5. The summed E-state index contributed by atoms with van der Waals surface area (Å²) in [4.78, 5) is 0. The summed E-state index contributed by atoms with van der Waals surface area (Å²) in [5.74, 6) is 2.40. The van der Waals surface area contributed by atoms with Gasteiger partial charge in [-0.2, -0.15) is 0 Å². The standard InChI is InChI=1S/C11H20O2/c1-3-5-6-7-9-13-10-11(12)8-4-2/h2,11-12H,3,5-10H2,1H3. The van der Waals surface area contributed by atoms with E-state index in [2.05, 4.69) is 12.8 Å². The van der Waals surface area contributed by atoms with Gasteiger partial charge in [-0.15, -0.1) is 12.3 Å². The molecular weight excluding hydrogens is 164 g/mol. The van der Waals surface area contributed by atoms with Gasteiger partial charge in [0, 0.05) is 13.0 Å². The van der Waals surface area contributed by atoms with Crippen LogP contribution in [0.4, 0.5) is 0 Å². The first-order chi connectivity index (χ1) is 6.31. The second-order valence-electron chi connectivity index (χ2n) is 3.20. The molecule has 0 radical (unpaired) electrons. The Bertz CT molecular complexity index is 138. The monoisotopic (exact) mass is 184 g/mol. The SMILES string of the molecule is C#CCC(O)COCCCCCC. The molecule has 0 aliphatic heterocycles. The quantitative estimate of drug-likeness (QED) is 0.461. The van der Waals surface area contributed by atoms with Crippen LogP contribution in [0.1, 0.15) is 39.0 Å². The summed E-state index contributed by atoms with van der Waals surface area (Å²) in [6.45, 7) is 3.29. The molecule has 0 aliphatic rings. The number of aliphatic hydroxyl groups excluding tert-OH is 1. The first-order valence-corrected chi connectivity index (χ1v) is 5.00. The molecular formula is C11H20O2. The molecule has 1 unspecified atom stereocenters. The molecule has 2 nitrogen and oxygen atoms in total. The van der Waals surface area contributed by atoms with Crippen molar-refractivity contribution in [3.63, 3.8) is 0 Å². The zero-order valence-electron chi connectivity index (χ0n) is 8.46. The van der Waals surface area contributed by atoms with Gasteiger partial charge in [-0.25, -0.2) is 0 Å². The zero-order chi connectivity index (χ0) is 9.94. The number of aliphatic hydroxyl groups is 1. The Morgan fingerprint density at radius 1 is 1.38 bits per heavy atom. The van der Waals surface area contributed by atoms with Crippen LogP contribution in [0.2, 0.25) is 0 Å². The number of terminal acetylenes is 1. The molecule has 1 N–H and O–H groups in total. The molecule has 0 saturated carbocycles. The van der Waals surface area contributed by atoms with E-state index < -0.39 is 6.10 Å². The highest BCUT2D eigenvalue weighted by Gasteiger charge is 2.00. The lowest BCUT2D eigenvalue weighted by atomic mass is 10.2. The Morgan fingerprint density at radius 2 is 2.15 bits per heavy atom. The van der Waals surface area contributed by atoms with Crippen LogP contribution < -0.4 is 0 Å². The lowest BCUT2D eigenvalue weighted by molar-refractivity contribution is 0.0378. The average molecular weight is 184 g/mol. The molecule has 0 bridgehead atoms. The van der Waals surface area contributed by atoms with Crippen LogP contribution in [-0.2, 0) is 4.74 Å². The van der Waals surface area contributed by atoms with Crippen LogP contribution in [0, 0.1) is 12.3 Å². The fraction of sp³-hybridized carbons (Fsp3) is 0.818. The topological polar surface area (TPSA) is 29.5 Å². The Kier molecular flexibility index (Phi) is 9.18. The molecule has 0 aromatic rings. The van der Waals surface area contributed by atoms with Gasteiger partial charge >= 0.3 is 0 Å². The average Bonchev–Trinajstić information content (AvgIpc) is 2.11. The largest absolute Gasteiger partial charge is 0.390 e. The predicted molar refractivity (Wildman–Crippen MR) is 54.4 cm³/mol. The smallest absolute Gasteiger partial charge is 0.0882 e. The second kappa shape index (κ2) is 9.57. The third-order valence-corrected chi connectivity index (χ3v) is 1.81. The first-order valence-electron chi connectivity index (χ1n) is 5.00. The summed E-state index contributed by atoms with van der Waals surface area (Å²) in [6, 6.07) is 0. The molecule has 0 saturated heterocycles. The summed E-state index contributed by atoms with van der Waals surface area (Å²) in [6.07, 6.45) is 9.71. The van der Waals surface area contributed by atoms with Crippen molar-refractivity contribution in [1.29, 1.82) is 0 Å². The second-order valence-corrected chi connectivity index (χ2v) is 3.20. The third-order valence-electron chi connectivity index (χ3n) is 1.81. The molecule has 0 fully saturated rings. The summed E-state index contributed by atoms with van der Waals surface area (Å²) in [7, 11) is 0. The van der Waals surface area contributed by atoms with Crippen molar-refractivity contribution in [3.8, 4) is 12.3 Å². The fourth-order valence-electron chi connectivity index (χ4n) is 1.05. The van der Waals surface area contributed by atoms with E-state index in [1.54, 1.807) is 0 Å². The van der Waals surface area contributed by atoms with E-state index >= 15 is 0 Å². The maximum atomic E-state index is 9.18. The number of rotatable bonds is 8. The van der Waals surface area contributed by atoms with E-state index in [1.165, 1.54) is 19.3 Å². The van der Waals surface area contributed by atoms with Crippen LogP contribution in [0.3, 0.4) is 0 Å². The van der Waals surface area contributed by atoms with E-state index in [4.69, 9.17) is 11.2 Å². The first kappa shape index (κ1) is 12.5. The molecule has 2 heteroatoms. The van der Waals surface area contributed by atoms with Crippen molar-refractivity contribution in [2.75, 3.05) is 13.2 Å². The van der Waals surface area contributed by atoms with Crippen molar-refractivity contribution in [2.24, 2.45) is 0 Å². The minimum Gasteiger partial charge on any atom is -0.390 e. The molecule has 13 heavy (non-hydrogen) atoms. The molecule has 0 rings (SSSR count). The van der Waals surface area contributed by atoms with E-state index in [0.717, 1.165) is 13.0 Å². The van der Waals surface area contributed by atoms with Crippen molar-refractivity contribution < 1.29 is 9.84 Å². The summed E-state index contributed by atoms with van der Waals surface area (Å²) in [5.41, 5.74) is 0. The van der Waals surface area contributed by atoms with Crippen LogP contribution in [0.5, 0.6) is 0 Å². The zero-order valence-corrected chi connectivity index (χ0v) is 8.46. The maximum absolute atomic E-state index is 9.18. The number of hydrogen-bond donors (Lipinski definition) is 1. The van der Waals surface area contributed by atoms with Crippen LogP contribution in [0.25, 0.3) is 0 Å². The van der Waals surface area contributed by atoms with Crippen molar-refractivity contribution in [2.45, 2.75) is 45.1 Å². The Labute approximate surface area is 81.3 Å². The van der Waals surface area contributed by atoms with Gasteiger partial charge in [-0.1, -0.05) is 26.2 Å². The highest BCUT2D eigenvalue weighted by Crippen LogP contribution is 1.99. The van der Waals surface area contributed by atoms with Gasteiger partial charge in [0.05, 0.1) is 12.7 Å². The van der Waals surface area contributed by atoms with Gasteiger partial charge in [-0.05, 0) is 6.42 Å². The molecule has 0 heterocycles. The molecule has 0 aromatic heterocycles. The van der Waals surface area contributed by atoms with Gasteiger partial charge in [0.15, 0.2) is 0 Å². The molecule has 0 aliphatic carbocycles. The van der Waals surface area contributed by atoms with Crippen molar-refractivity contribution in [3.05, 3.63) is 0 Å². The van der Waals surface area contributed by atoms with Gasteiger partial charge < -0.3 is 9.84 Å². The van der Waals surface area contributed by atoms with Gasteiger partial charge in [0.25, 0.3) is 0 Å². The van der Waals surface area contributed by atoms with Crippen LogP contribution in [0.15, 0.2) is 0 Å². The number of ether oxygens (including phenoxy) is 1. The number of hydrogen-bond acceptors (Lipinski definition) is 2. The molecule has 76 valence electrons. The minimum atomic E-state index is -0.490. The Hall–Kier alpha value is -0.520. The summed E-state index contributed by atoms with van der Waals surface area (Å²) < 4.78 is 5.25. The normalized spacial score (nSPS) is 12.4. The minimum absolute atomic E-state index is 0.371. The predicted octanol–water partition coefficient (Wildman–Crippen LogP) is 1.97. The van der Waals surface area contributed by atoms with Crippen LogP contribution in [-0.4, -0.2) is 24.4 Å². The lowest BCUT2D eigenvalue weighted by Crippen LogP contribution is -2.14. The Morgan fingerprint density at radius 3 is 2.77 bits per heavy atom. The van der Waals surface area contributed by atoms with Gasteiger partial charge in [0.1, 0.15) is 0 Å². The third kappa shape index (κ3) is 9.39. The Balaban J connectivity index is 3.03. The van der Waals surface area contributed by atoms with E-state index in [0.29, 0.717) is 13.0 Å². The summed E-state index contributed by atoms with van der Waals surface area (Å²) in [5, 5.41) is 9.18. The maximum Gasteiger partial charge on any atom is 0.0882 e. The molecule has 0 amide bonds. The van der Waals surface area contributed by atoms with Crippen LogP contribution >= 0.6 is 0 Å². The van der Waals surface area contributed by atoms with E-state index in [-0.39, 0.29) is 0 Å². The summed E-state index contributed by atoms with van der Waals surface area (Å²) >= 11 is 0.